The third-order valence-electron chi connectivity index (χ3n) is 6.92. The van der Waals surface area contributed by atoms with Gasteiger partial charge in [-0.15, -0.1) is 23.2 Å². The summed E-state index contributed by atoms with van der Waals surface area (Å²) in [6, 6.07) is 17.8. The van der Waals surface area contributed by atoms with Crippen molar-refractivity contribution in [2.75, 3.05) is 0 Å². The quantitative estimate of drug-likeness (QED) is 0.290. The molecule has 2 aliphatic rings. The van der Waals surface area contributed by atoms with Crippen LogP contribution in [0, 0.1) is 0 Å². The highest BCUT2D eigenvalue weighted by atomic mass is 35.5. The average molecular weight is 502 g/mol. The van der Waals surface area contributed by atoms with Crippen LogP contribution >= 0.6 is 23.2 Å². The maximum Gasteiger partial charge on any atom is 0.112 e. The van der Waals surface area contributed by atoms with E-state index in [-0.39, 0.29) is 10.8 Å². The zero-order valence-corrected chi connectivity index (χ0v) is 24.5. The van der Waals surface area contributed by atoms with Crippen LogP contribution in [0.5, 0.6) is 0 Å². The van der Waals surface area contributed by atoms with Crippen molar-refractivity contribution in [2.24, 2.45) is 0 Å². The molecule has 0 fully saturated rings. The summed E-state index contributed by atoms with van der Waals surface area (Å²) in [6.07, 6.45) is 0. The van der Waals surface area contributed by atoms with Gasteiger partial charge in [0.15, 0.2) is 0 Å². The van der Waals surface area contributed by atoms with Crippen molar-refractivity contribution in [1.29, 1.82) is 0 Å². The second kappa shape index (κ2) is 7.59. The standard InChI is InChI=1S/C26H34Cl2Si3/c1-29(2,3)25-21(27)17-13-9-11-15-19(17)23(25)31(7,8)24-20-16-12-10-14-18(20)22(28)26(24)30(4,5)6/h9-16,21-22H,1-8H3. The molecular weight excluding hydrogens is 467 g/mol. The Kier molecular flexibility index (Phi) is 5.71. The summed E-state index contributed by atoms with van der Waals surface area (Å²) in [7, 11) is -5.40. The van der Waals surface area contributed by atoms with Crippen molar-refractivity contribution in [1.82, 2.24) is 0 Å². The van der Waals surface area contributed by atoms with Gasteiger partial charge < -0.3 is 0 Å². The SMILES string of the molecule is C[Si](C)(C)C1=C([Si](C)(C)C2=C([Si](C)(C)C)C(Cl)c3ccccc32)c2ccccc2C1Cl. The van der Waals surface area contributed by atoms with Crippen LogP contribution in [0.1, 0.15) is 33.0 Å². The molecule has 2 atom stereocenters. The molecule has 0 aliphatic heterocycles. The monoisotopic (exact) mass is 500 g/mol. The highest BCUT2D eigenvalue weighted by Gasteiger charge is 2.49. The number of alkyl halides is 2. The molecule has 0 heterocycles. The van der Waals surface area contributed by atoms with E-state index in [0.29, 0.717) is 0 Å². The largest absolute Gasteiger partial charge is 0.113 e. The fourth-order valence-corrected chi connectivity index (χ4v) is 19.9. The average Bonchev–Trinajstić information content (AvgIpc) is 3.15. The first kappa shape index (κ1) is 23.3. The van der Waals surface area contributed by atoms with Crippen LogP contribution < -0.4 is 0 Å². The molecule has 0 radical (unpaired) electrons. The number of hydrogen-bond acceptors (Lipinski definition) is 0. The van der Waals surface area contributed by atoms with Gasteiger partial charge in [-0.3, -0.25) is 0 Å². The van der Waals surface area contributed by atoms with Crippen molar-refractivity contribution in [3.8, 4) is 0 Å². The van der Waals surface area contributed by atoms with Gasteiger partial charge in [0, 0.05) is 0 Å². The third-order valence-corrected chi connectivity index (χ3v) is 16.6. The van der Waals surface area contributed by atoms with Gasteiger partial charge in [0.2, 0.25) is 0 Å². The Morgan fingerprint density at radius 1 is 0.548 bits per heavy atom. The number of halogens is 2. The van der Waals surface area contributed by atoms with E-state index in [1.807, 2.05) is 0 Å². The van der Waals surface area contributed by atoms with Crippen LogP contribution in [-0.2, 0) is 0 Å². The minimum absolute atomic E-state index is 0.00372. The molecule has 0 aromatic heterocycles. The summed E-state index contributed by atoms with van der Waals surface area (Å²) in [5, 5.41) is 6.28. The predicted octanol–water partition coefficient (Wildman–Crippen LogP) is 9.02. The summed E-state index contributed by atoms with van der Waals surface area (Å²) in [5.74, 6) is 0. The van der Waals surface area contributed by atoms with Crippen LogP contribution in [-0.4, -0.2) is 24.2 Å². The molecule has 2 aromatic carbocycles. The van der Waals surface area contributed by atoms with Crippen molar-refractivity contribution in [2.45, 2.75) is 63.1 Å². The van der Waals surface area contributed by atoms with Crippen LogP contribution in [0.3, 0.4) is 0 Å². The first-order chi connectivity index (χ1) is 14.3. The van der Waals surface area contributed by atoms with Gasteiger partial charge in [0.1, 0.15) is 8.07 Å². The van der Waals surface area contributed by atoms with Crippen LogP contribution in [0.4, 0.5) is 0 Å². The second-order valence-corrected chi connectivity index (χ2v) is 26.8. The summed E-state index contributed by atoms with van der Waals surface area (Å²) >= 11 is 14.4. The van der Waals surface area contributed by atoms with E-state index >= 15 is 0 Å². The third kappa shape index (κ3) is 3.61. The molecule has 2 aromatic rings. The topological polar surface area (TPSA) is 0 Å². The van der Waals surface area contributed by atoms with E-state index in [0.717, 1.165) is 0 Å². The molecule has 0 bridgehead atoms. The molecule has 0 saturated carbocycles. The van der Waals surface area contributed by atoms with Gasteiger partial charge in [0.25, 0.3) is 0 Å². The number of rotatable bonds is 4. The predicted molar refractivity (Wildman–Crippen MR) is 148 cm³/mol. The van der Waals surface area contributed by atoms with E-state index in [9.17, 15) is 0 Å². The van der Waals surface area contributed by atoms with Gasteiger partial charge in [-0.2, -0.15) is 0 Å². The molecule has 2 unspecified atom stereocenters. The maximum absolute atomic E-state index is 7.22. The normalized spacial score (nSPS) is 21.6. The van der Waals surface area contributed by atoms with Gasteiger partial charge >= 0.3 is 0 Å². The lowest BCUT2D eigenvalue weighted by molar-refractivity contribution is 1.20. The highest BCUT2D eigenvalue weighted by Crippen LogP contribution is 2.58. The number of hydrogen-bond donors (Lipinski definition) is 0. The van der Waals surface area contributed by atoms with Gasteiger partial charge in [0.05, 0.1) is 26.9 Å². The number of allylic oxidation sites excluding steroid dienone is 2. The van der Waals surface area contributed by atoms with Crippen molar-refractivity contribution < 1.29 is 0 Å². The van der Waals surface area contributed by atoms with Gasteiger partial charge in [-0.05, 0) is 32.6 Å². The Morgan fingerprint density at radius 2 is 0.871 bits per heavy atom. The fraction of sp³-hybridized carbons (Fsp3) is 0.385. The number of benzene rings is 2. The second-order valence-electron chi connectivity index (χ2n) is 11.6. The Balaban J connectivity index is 2.09. The first-order valence-electron chi connectivity index (χ1n) is 11.2. The summed E-state index contributed by atoms with van der Waals surface area (Å²) in [6.45, 7) is 19.8. The molecule has 164 valence electrons. The Labute approximate surface area is 201 Å². The van der Waals surface area contributed by atoms with E-state index in [4.69, 9.17) is 23.2 Å². The van der Waals surface area contributed by atoms with Crippen molar-refractivity contribution >= 4 is 57.8 Å². The molecule has 2 aliphatic carbocycles. The summed E-state index contributed by atoms with van der Waals surface area (Å²) < 4.78 is 0. The minimum atomic E-state index is -2.11. The highest BCUT2D eigenvalue weighted by molar-refractivity contribution is 7.12. The minimum Gasteiger partial charge on any atom is -0.113 e. The molecule has 0 nitrogen and oxygen atoms in total. The van der Waals surface area contributed by atoms with Crippen LogP contribution in [0.25, 0.3) is 10.4 Å². The number of fused-ring (bicyclic) bond motifs is 2. The summed E-state index contributed by atoms with van der Waals surface area (Å²) in [4.78, 5) is 0. The maximum atomic E-state index is 7.22. The molecule has 5 heteroatoms. The van der Waals surface area contributed by atoms with Gasteiger partial charge in [-0.25, -0.2) is 0 Å². The fourth-order valence-electron chi connectivity index (χ4n) is 5.73. The Hall–Kier alpha value is -0.849. The molecule has 0 saturated heterocycles. The Bertz CT molecular complexity index is 1030. The molecule has 4 rings (SSSR count). The van der Waals surface area contributed by atoms with Gasteiger partial charge in [-0.1, -0.05) is 111 Å². The van der Waals surface area contributed by atoms with Crippen LogP contribution in [0.15, 0.2) is 58.9 Å². The lowest BCUT2D eigenvalue weighted by Crippen LogP contribution is -2.38. The lowest BCUT2D eigenvalue weighted by Gasteiger charge is -2.36. The lowest BCUT2D eigenvalue weighted by atomic mass is 10.1. The van der Waals surface area contributed by atoms with E-state index in [1.165, 1.54) is 22.3 Å². The molecule has 0 N–H and O–H groups in total. The zero-order valence-electron chi connectivity index (χ0n) is 20.0. The molecule has 31 heavy (non-hydrogen) atoms. The van der Waals surface area contributed by atoms with E-state index in [1.54, 1.807) is 20.8 Å². The molecular formula is C26H34Cl2Si3. The zero-order chi connectivity index (χ0) is 22.9. The smallest absolute Gasteiger partial charge is 0.112 e. The molecule has 0 amide bonds. The molecule has 0 spiro atoms. The van der Waals surface area contributed by atoms with Crippen molar-refractivity contribution in [3.05, 3.63) is 81.2 Å². The van der Waals surface area contributed by atoms with E-state index in [2.05, 4.69) is 101 Å². The Morgan fingerprint density at radius 3 is 1.19 bits per heavy atom. The van der Waals surface area contributed by atoms with Crippen LogP contribution in [0.2, 0.25) is 52.4 Å². The van der Waals surface area contributed by atoms with E-state index < -0.39 is 24.2 Å². The first-order valence-corrected chi connectivity index (χ1v) is 22.1. The van der Waals surface area contributed by atoms with Crippen molar-refractivity contribution in [3.63, 3.8) is 0 Å². The summed E-state index contributed by atoms with van der Waals surface area (Å²) in [5.41, 5.74) is 5.41.